The number of phenols is 1. The molecule has 1 amide bonds. The van der Waals surface area contributed by atoms with Gasteiger partial charge in [-0.15, -0.1) is 11.3 Å². The zero-order chi connectivity index (χ0) is 18.6. The molecule has 138 valence electrons. The number of carbonyl (C=O) groups excluding carboxylic acids is 1. The van der Waals surface area contributed by atoms with Gasteiger partial charge in [0, 0.05) is 24.0 Å². The number of hydrogen-bond acceptors (Lipinski definition) is 6. The summed E-state index contributed by atoms with van der Waals surface area (Å²) in [4.78, 5) is 13.0. The molecule has 1 aromatic carbocycles. The van der Waals surface area contributed by atoms with Gasteiger partial charge in [-0.05, 0) is 35.7 Å². The van der Waals surface area contributed by atoms with Crippen molar-refractivity contribution in [2.45, 2.75) is 4.90 Å². The summed E-state index contributed by atoms with van der Waals surface area (Å²) < 4.78 is 31.9. The van der Waals surface area contributed by atoms with E-state index in [9.17, 15) is 18.3 Å². The molecule has 0 unspecified atom stereocenters. The predicted octanol–water partition coefficient (Wildman–Crippen LogP) is 2.13. The van der Waals surface area contributed by atoms with E-state index in [1.165, 1.54) is 39.9 Å². The van der Waals surface area contributed by atoms with Crippen molar-refractivity contribution in [3.8, 4) is 5.75 Å². The van der Waals surface area contributed by atoms with Crippen molar-refractivity contribution in [3.05, 3.63) is 46.7 Å². The summed E-state index contributed by atoms with van der Waals surface area (Å²) in [5.41, 5.74) is 0.0418. The van der Waals surface area contributed by atoms with E-state index in [1.807, 2.05) is 17.5 Å². The Hall–Kier alpha value is -2.20. The van der Waals surface area contributed by atoms with Gasteiger partial charge in [-0.2, -0.15) is 4.31 Å². The van der Waals surface area contributed by atoms with Crippen molar-refractivity contribution < 1.29 is 23.1 Å². The van der Waals surface area contributed by atoms with Crippen LogP contribution in [0, 0.1) is 0 Å². The lowest BCUT2D eigenvalue weighted by molar-refractivity contribution is -0.111. The summed E-state index contributed by atoms with van der Waals surface area (Å²) in [7, 11) is -3.71. The zero-order valence-corrected chi connectivity index (χ0v) is 15.4. The van der Waals surface area contributed by atoms with Gasteiger partial charge >= 0.3 is 0 Å². The third-order valence-electron chi connectivity index (χ3n) is 3.78. The number of morpholine rings is 1. The molecule has 2 aromatic rings. The zero-order valence-electron chi connectivity index (χ0n) is 13.8. The van der Waals surface area contributed by atoms with Crippen molar-refractivity contribution in [2.24, 2.45) is 0 Å². The maximum Gasteiger partial charge on any atom is 0.248 e. The van der Waals surface area contributed by atoms with Crippen LogP contribution in [0.25, 0.3) is 6.08 Å². The molecule has 3 rings (SSSR count). The Labute approximate surface area is 155 Å². The molecule has 1 aliphatic heterocycles. The maximum atomic E-state index is 12.7. The number of rotatable bonds is 5. The lowest BCUT2D eigenvalue weighted by Crippen LogP contribution is -2.40. The highest BCUT2D eigenvalue weighted by atomic mass is 32.2. The number of carbonyl (C=O) groups is 1. The highest BCUT2D eigenvalue weighted by Crippen LogP contribution is 2.28. The second-order valence-electron chi connectivity index (χ2n) is 5.53. The van der Waals surface area contributed by atoms with Gasteiger partial charge in [-0.3, -0.25) is 4.79 Å². The Morgan fingerprint density at radius 3 is 2.73 bits per heavy atom. The number of anilines is 1. The minimum Gasteiger partial charge on any atom is -0.506 e. The van der Waals surface area contributed by atoms with Crippen molar-refractivity contribution in [2.75, 3.05) is 31.6 Å². The molecule has 9 heteroatoms. The largest absolute Gasteiger partial charge is 0.506 e. The topological polar surface area (TPSA) is 95.9 Å². The molecule has 0 aliphatic carbocycles. The van der Waals surface area contributed by atoms with Gasteiger partial charge in [0.05, 0.1) is 23.8 Å². The molecule has 0 atom stereocenters. The van der Waals surface area contributed by atoms with Gasteiger partial charge in [-0.25, -0.2) is 8.42 Å². The van der Waals surface area contributed by atoms with E-state index in [0.717, 1.165) is 4.88 Å². The fourth-order valence-electron chi connectivity index (χ4n) is 2.43. The Morgan fingerprint density at radius 2 is 2.04 bits per heavy atom. The minimum absolute atomic E-state index is 0.00902. The molecular formula is C17H18N2O5S2. The van der Waals surface area contributed by atoms with Gasteiger partial charge in [0.25, 0.3) is 0 Å². The molecule has 1 saturated heterocycles. The van der Waals surface area contributed by atoms with Gasteiger partial charge in [0.1, 0.15) is 5.75 Å². The number of thiophene rings is 1. The Bertz CT molecular complexity index is 901. The molecule has 2 heterocycles. The van der Waals surface area contributed by atoms with Crippen LogP contribution in [0.15, 0.2) is 46.7 Å². The average molecular weight is 394 g/mol. The summed E-state index contributed by atoms with van der Waals surface area (Å²) >= 11 is 1.48. The van der Waals surface area contributed by atoms with Crippen LogP contribution >= 0.6 is 11.3 Å². The van der Waals surface area contributed by atoms with Crippen LogP contribution in [-0.2, 0) is 19.6 Å². The average Bonchev–Trinajstić information content (AvgIpc) is 3.16. The van der Waals surface area contributed by atoms with Gasteiger partial charge in [0.15, 0.2) is 0 Å². The van der Waals surface area contributed by atoms with Gasteiger partial charge in [0.2, 0.25) is 15.9 Å². The van der Waals surface area contributed by atoms with Crippen LogP contribution in [0.1, 0.15) is 4.88 Å². The number of aromatic hydroxyl groups is 1. The first kappa shape index (κ1) is 18.6. The monoisotopic (exact) mass is 394 g/mol. The number of nitrogens with zero attached hydrogens (tertiary/aromatic N) is 1. The molecule has 0 radical (unpaired) electrons. The molecule has 1 aliphatic rings. The summed E-state index contributed by atoms with van der Waals surface area (Å²) in [6.45, 7) is 1.23. The van der Waals surface area contributed by atoms with Crippen LogP contribution in [0.4, 0.5) is 5.69 Å². The number of benzene rings is 1. The van der Waals surface area contributed by atoms with Crippen molar-refractivity contribution in [1.29, 1.82) is 0 Å². The third-order valence-corrected chi connectivity index (χ3v) is 6.51. The molecule has 1 aromatic heterocycles. The second kappa shape index (κ2) is 8.00. The smallest absolute Gasteiger partial charge is 0.248 e. The highest BCUT2D eigenvalue weighted by Gasteiger charge is 2.27. The number of hydrogen-bond donors (Lipinski definition) is 2. The highest BCUT2D eigenvalue weighted by molar-refractivity contribution is 7.89. The standard InChI is InChI=1S/C17H18N2O5S2/c20-16-5-4-14(26(22,23)19-7-9-24-10-8-19)12-15(16)18-17(21)6-3-13-2-1-11-25-13/h1-6,11-12,20H,7-10H2,(H,18,21). The third kappa shape index (κ3) is 4.31. The van der Waals surface area contributed by atoms with Crippen molar-refractivity contribution in [1.82, 2.24) is 4.31 Å². The quantitative estimate of drug-likeness (QED) is 0.598. The first-order valence-corrected chi connectivity index (χ1v) is 10.2. The number of nitrogens with one attached hydrogen (secondary N) is 1. The molecule has 1 fully saturated rings. The fourth-order valence-corrected chi connectivity index (χ4v) is 4.48. The molecule has 0 bridgehead atoms. The minimum atomic E-state index is -3.71. The molecule has 7 nitrogen and oxygen atoms in total. The SMILES string of the molecule is O=C(C=Cc1cccs1)Nc1cc(S(=O)(=O)N2CCOCC2)ccc1O. The van der Waals surface area contributed by atoms with Crippen LogP contribution in [0.2, 0.25) is 0 Å². The second-order valence-corrected chi connectivity index (χ2v) is 8.45. The number of phenolic OH excluding ortho intramolecular Hbond substituents is 1. The van der Waals surface area contributed by atoms with Crippen LogP contribution in [0.3, 0.4) is 0 Å². The van der Waals surface area contributed by atoms with E-state index >= 15 is 0 Å². The van der Waals surface area contributed by atoms with E-state index in [1.54, 1.807) is 6.08 Å². The van der Waals surface area contributed by atoms with Crippen LogP contribution < -0.4 is 5.32 Å². The molecule has 0 saturated carbocycles. The van der Waals surface area contributed by atoms with E-state index in [0.29, 0.717) is 13.2 Å². The van der Waals surface area contributed by atoms with Gasteiger partial charge < -0.3 is 15.2 Å². The van der Waals surface area contributed by atoms with Crippen LogP contribution in [-0.4, -0.2) is 50.0 Å². The van der Waals surface area contributed by atoms with E-state index in [-0.39, 0.29) is 29.4 Å². The number of sulfonamides is 1. The van der Waals surface area contributed by atoms with Crippen molar-refractivity contribution in [3.63, 3.8) is 0 Å². The number of ether oxygens (including phenoxy) is 1. The molecule has 2 N–H and O–H groups in total. The lowest BCUT2D eigenvalue weighted by Gasteiger charge is -2.26. The molecule has 0 spiro atoms. The summed E-state index contributed by atoms with van der Waals surface area (Å²) in [5, 5.41) is 14.3. The van der Waals surface area contributed by atoms with Crippen LogP contribution in [0.5, 0.6) is 5.75 Å². The van der Waals surface area contributed by atoms with E-state index in [4.69, 9.17) is 4.74 Å². The normalized spacial score (nSPS) is 16.0. The summed E-state index contributed by atoms with van der Waals surface area (Å²) in [6.07, 6.45) is 2.97. The predicted molar refractivity (Wildman–Crippen MR) is 99.7 cm³/mol. The lowest BCUT2D eigenvalue weighted by atomic mass is 10.3. The molecule has 26 heavy (non-hydrogen) atoms. The van der Waals surface area contributed by atoms with E-state index < -0.39 is 15.9 Å². The fraction of sp³-hybridized carbons (Fsp3) is 0.235. The van der Waals surface area contributed by atoms with Gasteiger partial charge in [-0.1, -0.05) is 6.07 Å². The Morgan fingerprint density at radius 1 is 1.27 bits per heavy atom. The summed E-state index contributed by atoms with van der Waals surface area (Å²) in [6, 6.07) is 7.57. The summed E-state index contributed by atoms with van der Waals surface area (Å²) in [5.74, 6) is -0.668. The van der Waals surface area contributed by atoms with E-state index in [2.05, 4.69) is 5.32 Å². The van der Waals surface area contributed by atoms with Crippen molar-refractivity contribution >= 4 is 39.0 Å². The maximum absolute atomic E-state index is 12.7. The number of amides is 1. The molecular weight excluding hydrogens is 376 g/mol. The Balaban J connectivity index is 1.78. The first-order valence-electron chi connectivity index (χ1n) is 7.90. The Kier molecular flexibility index (Phi) is 5.72. The first-order chi connectivity index (χ1) is 12.5.